The third-order valence-electron chi connectivity index (χ3n) is 2.95. The van der Waals surface area contributed by atoms with Gasteiger partial charge >= 0.3 is 0 Å². The Morgan fingerprint density at radius 2 is 2.09 bits per heavy atom. The fourth-order valence-electron chi connectivity index (χ4n) is 1.86. The first-order valence-electron chi connectivity index (χ1n) is 6.89. The predicted molar refractivity (Wildman–Crippen MR) is 94.6 cm³/mol. The van der Waals surface area contributed by atoms with E-state index in [-0.39, 0.29) is 11.5 Å². The van der Waals surface area contributed by atoms with E-state index in [1.165, 1.54) is 17.8 Å². The highest BCUT2D eigenvalue weighted by atomic mass is 35.5. The van der Waals surface area contributed by atoms with Gasteiger partial charge in [-0.1, -0.05) is 41.9 Å². The average molecular weight is 372 g/mol. The van der Waals surface area contributed by atoms with E-state index in [4.69, 9.17) is 23.2 Å². The maximum atomic E-state index is 12.4. The van der Waals surface area contributed by atoms with E-state index >= 15 is 0 Å². The molecule has 0 fully saturated rings. The number of H-pyrrole nitrogens is 1. The molecule has 122 valence electrons. The molecule has 1 amide bonds. The minimum atomic E-state index is -0.394. The topological polar surface area (TPSA) is 74.8 Å². The highest BCUT2D eigenvalue weighted by Crippen LogP contribution is 2.27. The van der Waals surface area contributed by atoms with Crippen LogP contribution in [0.25, 0.3) is 0 Å². The molecule has 0 radical (unpaired) electrons. The number of halogens is 2. The fraction of sp³-hybridized carbons (Fsp3) is 0.267. The predicted octanol–water partition coefficient (Wildman–Crippen LogP) is 3.89. The number of benzene rings is 1. The molecule has 2 N–H and O–H groups in total. The van der Waals surface area contributed by atoms with E-state index in [0.29, 0.717) is 33.0 Å². The molecule has 0 aliphatic heterocycles. The number of nitrogens with zero attached hydrogens (tertiary/aromatic N) is 1. The maximum Gasteiger partial charge on any atom is 0.251 e. The number of aromatic nitrogens is 2. The lowest BCUT2D eigenvalue weighted by Crippen LogP contribution is -2.25. The van der Waals surface area contributed by atoms with E-state index in [9.17, 15) is 9.59 Å². The second kappa shape index (κ2) is 7.86. The molecule has 1 aromatic carbocycles. The number of carbonyl (C=O) groups excluding carboxylic acids is 1. The van der Waals surface area contributed by atoms with Crippen LogP contribution in [0.1, 0.15) is 19.0 Å². The zero-order valence-electron chi connectivity index (χ0n) is 12.5. The van der Waals surface area contributed by atoms with Gasteiger partial charge in [-0.2, -0.15) is 0 Å². The van der Waals surface area contributed by atoms with Crippen molar-refractivity contribution < 1.29 is 4.79 Å². The molecule has 1 aromatic heterocycles. The standard InChI is InChI=1S/C15H15Cl2N3O2S/c1-3-12(23-15-18-8(2)6-13(21)20-15)14(22)19-9-4-5-10(16)11(17)7-9/h4-7,12H,3H2,1-2H3,(H,19,22)(H,18,20,21). The number of hydrogen-bond acceptors (Lipinski definition) is 4. The van der Waals surface area contributed by atoms with E-state index in [0.717, 1.165) is 0 Å². The first-order valence-corrected chi connectivity index (χ1v) is 8.53. The molecule has 0 saturated heterocycles. The van der Waals surface area contributed by atoms with Crippen molar-refractivity contribution in [2.75, 3.05) is 5.32 Å². The molecule has 0 spiro atoms. The SMILES string of the molecule is CCC(Sc1nc(C)cc(=O)[nH]1)C(=O)Nc1ccc(Cl)c(Cl)c1. The third-order valence-corrected chi connectivity index (χ3v) is 4.94. The Morgan fingerprint density at radius 3 is 2.70 bits per heavy atom. The summed E-state index contributed by atoms with van der Waals surface area (Å²) in [5.74, 6) is -0.194. The fourth-order valence-corrected chi connectivity index (χ4v) is 3.12. The first kappa shape index (κ1) is 17.8. The zero-order chi connectivity index (χ0) is 17.0. The number of aromatic amines is 1. The van der Waals surface area contributed by atoms with Crippen LogP contribution in [0.2, 0.25) is 10.0 Å². The second-order valence-corrected chi connectivity index (χ2v) is 6.83. The van der Waals surface area contributed by atoms with E-state index in [2.05, 4.69) is 15.3 Å². The molecule has 0 saturated carbocycles. The van der Waals surface area contributed by atoms with Gasteiger partial charge < -0.3 is 10.3 Å². The van der Waals surface area contributed by atoms with Crippen LogP contribution in [0.5, 0.6) is 0 Å². The Morgan fingerprint density at radius 1 is 1.35 bits per heavy atom. The number of nitrogens with one attached hydrogen (secondary N) is 2. The van der Waals surface area contributed by atoms with Crippen LogP contribution in [0.15, 0.2) is 34.2 Å². The van der Waals surface area contributed by atoms with Gasteiger partial charge in [0.25, 0.3) is 5.56 Å². The van der Waals surface area contributed by atoms with Crippen LogP contribution in [0.4, 0.5) is 5.69 Å². The number of amides is 1. The quantitative estimate of drug-likeness (QED) is 0.617. The largest absolute Gasteiger partial charge is 0.325 e. The van der Waals surface area contributed by atoms with Crippen LogP contribution in [-0.4, -0.2) is 21.1 Å². The van der Waals surface area contributed by atoms with E-state index < -0.39 is 5.25 Å². The summed E-state index contributed by atoms with van der Waals surface area (Å²) in [6, 6.07) is 6.29. The third kappa shape index (κ3) is 4.99. The van der Waals surface area contributed by atoms with Crippen LogP contribution < -0.4 is 10.9 Å². The smallest absolute Gasteiger partial charge is 0.251 e. The lowest BCUT2D eigenvalue weighted by atomic mass is 10.2. The molecular weight excluding hydrogens is 357 g/mol. The summed E-state index contributed by atoms with van der Waals surface area (Å²) in [7, 11) is 0. The Hall–Kier alpha value is -1.50. The summed E-state index contributed by atoms with van der Waals surface area (Å²) in [5.41, 5.74) is 0.935. The minimum absolute atomic E-state index is 0.194. The van der Waals surface area contributed by atoms with Gasteiger partial charge in [-0.3, -0.25) is 9.59 Å². The van der Waals surface area contributed by atoms with Gasteiger partial charge in [-0.05, 0) is 31.5 Å². The molecule has 0 aliphatic carbocycles. The molecular formula is C15H15Cl2N3O2S. The lowest BCUT2D eigenvalue weighted by Gasteiger charge is -2.14. The van der Waals surface area contributed by atoms with E-state index in [1.54, 1.807) is 25.1 Å². The van der Waals surface area contributed by atoms with Gasteiger partial charge in [0.1, 0.15) is 0 Å². The number of hydrogen-bond donors (Lipinski definition) is 2. The molecule has 0 aliphatic rings. The summed E-state index contributed by atoms with van der Waals surface area (Å²) in [4.78, 5) is 30.7. The summed E-state index contributed by atoms with van der Waals surface area (Å²) in [6.07, 6.45) is 0.579. The number of carbonyl (C=O) groups is 1. The van der Waals surface area contributed by atoms with Crippen molar-refractivity contribution in [3.05, 3.63) is 50.4 Å². The van der Waals surface area contributed by atoms with Gasteiger partial charge in [0.2, 0.25) is 5.91 Å². The molecule has 8 heteroatoms. The minimum Gasteiger partial charge on any atom is -0.325 e. The Labute approximate surface area is 147 Å². The number of rotatable bonds is 5. The first-order chi connectivity index (χ1) is 10.9. The van der Waals surface area contributed by atoms with Gasteiger partial charge in [-0.15, -0.1) is 0 Å². The number of aryl methyl sites for hydroxylation is 1. The molecule has 2 rings (SSSR count). The lowest BCUT2D eigenvalue weighted by molar-refractivity contribution is -0.115. The van der Waals surface area contributed by atoms with Crippen LogP contribution in [0, 0.1) is 6.92 Å². The monoisotopic (exact) mass is 371 g/mol. The van der Waals surface area contributed by atoms with Crippen LogP contribution >= 0.6 is 35.0 Å². The van der Waals surface area contributed by atoms with Gasteiger partial charge in [0, 0.05) is 17.4 Å². The normalized spacial score (nSPS) is 12.0. The summed E-state index contributed by atoms with van der Waals surface area (Å²) in [6.45, 7) is 3.62. The second-order valence-electron chi connectivity index (χ2n) is 4.82. The van der Waals surface area contributed by atoms with Gasteiger partial charge in [-0.25, -0.2) is 4.98 Å². The van der Waals surface area contributed by atoms with Crippen molar-refractivity contribution in [2.45, 2.75) is 30.7 Å². The Balaban J connectivity index is 2.11. The molecule has 0 bridgehead atoms. The highest BCUT2D eigenvalue weighted by molar-refractivity contribution is 8.00. The molecule has 1 unspecified atom stereocenters. The summed E-state index contributed by atoms with van der Waals surface area (Å²) < 4.78 is 0. The summed E-state index contributed by atoms with van der Waals surface area (Å²) in [5, 5.41) is 3.61. The van der Waals surface area contributed by atoms with Crippen molar-refractivity contribution in [2.24, 2.45) is 0 Å². The van der Waals surface area contributed by atoms with Crippen LogP contribution in [0.3, 0.4) is 0 Å². The molecule has 1 atom stereocenters. The Kier molecular flexibility index (Phi) is 6.10. The van der Waals surface area contributed by atoms with Crippen molar-refractivity contribution >= 4 is 46.6 Å². The van der Waals surface area contributed by atoms with Crippen LogP contribution in [-0.2, 0) is 4.79 Å². The maximum absolute atomic E-state index is 12.4. The van der Waals surface area contributed by atoms with Crippen molar-refractivity contribution in [1.29, 1.82) is 0 Å². The average Bonchev–Trinajstić information content (AvgIpc) is 2.47. The number of anilines is 1. The van der Waals surface area contributed by atoms with Crippen molar-refractivity contribution in [1.82, 2.24) is 9.97 Å². The van der Waals surface area contributed by atoms with Crippen molar-refractivity contribution in [3.63, 3.8) is 0 Å². The molecule has 5 nitrogen and oxygen atoms in total. The molecule has 2 aromatic rings. The van der Waals surface area contributed by atoms with E-state index in [1.807, 2.05) is 6.92 Å². The summed E-state index contributed by atoms with van der Waals surface area (Å²) >= 11 is 13.0. The molecule has 1 heterocycles. The highest BCUT2D eigenvalue weighted by Gasteiger charge is 2.19. The van der Waals surface area contributed by atoms with Gasteiger partial charge in [0.15, 0.2) is 5.16 Å². The number of thioether (sulfide) groups is 1. The Bertz CT molecular complexity index is 780. The van der Waals surface area contributed by atoms with Gasteiger partial charge in [0.05, 0.1) is 15.3 Å². The van der Waals surface area contributed by atoms with Crippen molar-refractivity contribution in [3.8, 4) is 0 Å². The molecule has 23 heavy (non-hydrogen) atoms. The zero-order valence-corrected chi connectivity index (χ0v) is 14.9.